The summed E-state index contributed by atoms with van der Waals surface area (Å²) in [4.78, 5) is 27.1. The number of hydrogen-bond acceptors (Lipinski definition) is 6. The third kappa shape index (κ3) is 6.27. The molecule has 0 saturated carbocycles. The summed E-state index contributed by atoms with van der Waals surface area (Å²) in [5, 5.41) is 13.5. The lowest BCUT2D eigenvalue weighted by Gasteiger charge is -2.32. The van der Waals surface area contributed by atoms with Gasteiger partial charge >= 0.3 is 0 Å². The normalized spacial score (nSPS) is 15.1. The van der Waals surface area contributed by atoms with Gasteiger partial charge in [0.25, 0.3) is 11.6 Å². The molecule has 1 heterocycles. The molecule has 0 bridgehead atoms. The molecular weight excluding hydrogens is 372 g/mol. The van der Waals surface area contributed by atoms with E-state index in [9.17, 15) is 14.9 Å². The standard InChI is InChI=1S/C21H26N4O4/c1-23-10-12-24(13-11-23)15-18-5-3-2-4-17(18)14-22-21(26)16-29-20-8-6-19(7-9-20)25(27)28/h2-9H,10-16H2,1H3,(H,22,26). The van der Waals surface area contributed by atoms with Crippen LogP contribution in [0.1, 0.15) is 11.1 Å². The number of hydrogen-bond donors (Lipinski definition) is 1. The zero-order valence-electron chi connectivity index (χ0n) is 16.5. The summed E-state index contributed by atoms with van der Waals surface area (Å²) in [6.07, 6.45) is 0. The Morgan fingerprint density at radius 3 is 2.38 bits per heavy atom. The minimum Gasteiger partial charge on any atom is -0.484 e. The van der Waals surface area contributed by atoms with Crippen LogP contribution in [0.3, 0.4) is 0 Å². The number of rotatable bonds is 8. The van der Waals surface area contributed by atoms with Gasteiger partial charge in [0.05, 0.1) is 4.92 Å². The van der Waals surface area contributed by atoms with Gasteiger partial charge < -0.3 is 15.0 Å². The quantitative estimate of drug-likeness (QED) is 0.541. The minimum atomic E-state index is -0.476. The van der Waals surface area contributed by atoms with Gasteiger partial charge in [0.15, 0.2) is 6.61 Å². The smallest absolute Gasteiger partial charge is 0.269 e. The first-order chi connectivity index (χ1) is 14.0. The molecular formula is C21H26N4O4. The van der Waals surface area contributed by atoms with Crippen LogP contribution in [0.15, 0.2) is 48.5 Å². The zero-order chi connectivity index (χ0) is 20.6. The zero-order valence-corrected chi connectivity index (χ0v) is 16.5. The number of nitro benzene ring substituents is 1. The molecule has 0 unspecified atom stereocenters. The number of nitrogens with one attached hydrogen (secondary N) is 1. The number of piperazine rings is 1. The van der Waals surface area contributed by atoms with Crippen molar-refractivity contribution < 1.29 is 14.5 Å². The van der Waals surface area contributed by atoms with Gasteiger partial charge in [0.2, 0.25) is 0 Å². The largest absolute Gasteiger partial charge is 0.484 e. The number of non-ortho nitro benzene ring substituents is 1. The molecule has 1 aliphatic heterocycles. The average Bonchev–Trinajstić information content (AvgIpc) is 2.73. The maximum atomic E-state index is 12.1. The first-order valence-corrected chi connectivity index (χ1v) is 9.63. The molecule has 1 amide bonds. The van der Waals surface area contributed by atoms with Crippen LogP contribution in [0.5, 0.6) is 5.75 Å². The Hall–Kier alpha value is -2.97. The summed E-state index contributed by atoms with van der Waals surface area (Å²) < 4.78 is 5.41. The third-order valence-electron chi connectivity index (χ3n) is 5.00. The number of likely N-dealkylation sites (N-methyl/N-ethyl adjacent to an activating group) is 1. The predicted molar refractivity (Wildman–Crippen MR) is 110 cm³/mol. The first kappa shape index (κ1) is 20.8. The number of nitro groups is 1. The second kappa shape index (κ2) is 9.99. The highest BCUT2D eigenvalue weighted by Crippen LogP contribution is 2.17. The Kier molecular flexibility index (Phi) is 7.15. The molecule has 0 aliphatic carbocycles. The van der Waals surface area contributed by atoms with Gasteiger partial charge in [-0.3, -0.25) is 19.8 Å². The van der Waals surface area contributed by atoms with E-state index in [0.29, 0.717) is 12.3 Å². The highest BCUT2D eigenvalue weighted by Gasteiger charge is 2.15. The molecule has 0 aromatic heterocycles. The maximum absolute atomic E-state index is 12.1. The van der Waals surface area contributed by atoms with Crippen molar-refractivity contribution in [1.82, 2.24) is 15.1 Å². The summed E-state index contributed by atoms with van der Waals surface area (Å²) in [5.74, 6) is 0.180. The molecule has 0 atom stereocenters. The fraction of sp³-hybridized carbons (Fsp3) is 0.381. The molecule has 1 fully saturated rings. The molecule has 29 heavy (non-hydrogen) atoms. The summed E-state index contributed by atoms with van der Waals surface area (Å²) >= 11 is 0. The number of amides is 1. The molecule has 8 nitrogen and oxygen atoms in total. The van der Waals surface area contributed by atoms with Crippen molar-refractivity contribution in [3.8, 4) is 5.75 Å². The summed E-state index contributed by atoms with van der Waals surface area (Å²) in [5.41, 5.74) is 2.29. The van der Waals surface area contributed by atoms with Crippen LogP contribution in [0.25, 0.3) is 0 Å². The van der Waals surface area contributed by atoms with Crippen molar-refractivity contribution in [2.75, 3.05) is 39.8 Å². The van der Waals surface area contributed by atoms with Crippen LogP contribution >= 0.6 is 0 Å². The Morgan fingerprint density at radius 1 is 1.07 bits per heavy atom. The highest BCUT2D eigenvalue weighted by molar-refractivity contribution is 5.77. The predicted octanol–water partition coefficient (Wildman–Crippen LogP) is 2.04. The lowest BCUT2D eigenvalue weighted by molar-refractivity contribution is -0.384. The minimum absolute atomic E-state index is 0.0150. The van der Waals surface area contributed by atoms with E-state index in [1.54, 1.807) is 0 Å². The van der Waals surface area contributed by atoms with E-state index in [1.165, 1.54) is 29.8 Å². The molecule has 1 saturated heterocycles. The second-order valence-electron chi connectivity index (χ2n) is 7.16. The topological polar surface area (TPSA) is 88.0 Å². The lowest BCUT2D eigenvalue weighted by atomic mass is 10.1. The molecule has 0 spiro atoms. The van der Waals surface area contributed by atoms with E-state index >= 15 is 0 Å². The molecule has 8 heteroatoms. The monoisotopic (exact) mass is 398 g/mol. The SMILES string of the molecule is CN1CCN(Cc2ccccc2CNC(=O)COc2ccc([N+](=O)[O-])cc2)CC1. The summed E-state index contributed by atoms with van der Waals surface area (Å²) in [7, 11) is 2.14. The Morgan fingerprint density at radius 2 is 1.72 bits per heavy atom. The molecule has 154 valence electrons. The van der Waals surface area contributed by atoms with E-state index in [2.05, 4.69) is 28.2 Å². The van der Waals surface area contributed by atoms with E-state index < -0.39 is 4.92 Å². The molecule has 1 aliphatic rings. The number of benzene rings is 2. The molecule has 2 aromatic rings. The van der Waals surface area contributed by atoms with Crippen molar-refractivity contribution in [1.29, 1.82) is 0 Å². The van der Waals surface area contributed by atoms with Crippen molar-refractivity contribution in [3.05, 3.63) is 69.8 Å². The third-order valence-corrected chi connectivity index (χ3v) is 5.00. The first-order valence-electron chi connectivity index (χ1n) is 9.63. The van der Waals surface area contributed by atoms with Gasteiger partial charge in [0, 0.05) is 51.4 Å². The van der Waals surface area contributed by atoms with Crippen LogP contribution < -0.4 is 10.1 Å². The fourth-order valence-electron chi connectivity index (χ4n) is 3.19. The maximum Gasteiger partial charge on any atom is 0.269 e. The van der Waals surface area contributed by atoms with Gasteiger partial charge in [-0.05, 0) is 30.3 Å². The number of carbonyl (C=O) groups is 1. The van der Waals surface area contributed by atoms with Crippen LogP contribution in [-0.4, -0.2) is 60.5 Å². The van der Waals surface area contributed by atoms with Gasteiger partial charge in [-0.2, -0.15) is 0 Å². The summed E-state index contributed by atoms with van der Waals surface area (Å²) in [6, 6.07) is 13.8. The van der Waals surface area contributed by atoms with Gasteiger partial charge in [-0.1, -0.05) is 24.3 Å². The Labute approximate surface area is 170 Å². The number of nitrogens with zero attached hydrogens (tertiary/aromatic N) is 3. The van der Waals surface area contributed by atoms with Gasteiger partial charge in [0.1, 0.15) is 5.75 Å². The molecule has 1 N–H and O–H groups in total. The average molecular weight is 398 g/mol. The Bertz CT molecular complexity index is 833. The summed E-state index contributed by atoms with van der Waals surface area (Å²) in [6.45, 7) is 5.39. The van der Waals surface area contributed by atoms with Crippen molar-refractivity contribution in [2.24, 2.45) is 0 Å². The number of carbonyl (C=O) groups excluding carboxylic acids is 1. The van der Waals surface area contributed by atoms with Crippen LogP contribution in [0, 0.1) is 10.1 Å². The van der Waals surface area contributed by atoms with Crippen LogP contribution in [-0.2, 0) is 17.9 Å². The van der Waals surface area contributed by atoms with Crippen molar-refractivity contribution >= 4 is 11.6 Å². The molecule has 2 aromatic carbocycles. The lowest BCUT2D eigenvalue weighted by Crippen LogP contribution is -2.44. The van der Waals surface area contributed by atoms with E-state index in [1.807, 2.05) is 18.2 Å². The van der Waals surface area contributed by atoms with Crippen LogP contribution in [0.2, 0.25) is 0 Å². The Balaban J connectivity index is 1.48. The van der Waals surface area contributed by atoms with Crippen molar-refractivity contribution in [2.45, 2.75) is 13.1 Å². The van der Waals surface area contributed by atoms with Gasteiger partial charge in [-0.25, -0.2) is 0 Å². The van der Waals surface area contributed by atoms with Gasteiger partial charge in [-0.15, -0.1) is 0 Å². The van der Waals surface area contributed by atoms with E-state index in [4.69, 9.17) is 4.74 Å². The number of ether oxygens (including phenoxy) is 1. The van der Waals surface area contributed by atoms with Crippen LogP contribution in [0.4, 0.5) is 5.69 Å². The van der Waals surface area contributed by atoms with E-state index in [0.717, 1.165) is 38.3 Å². The molecule has 3 rings (SSSR count). The fourth-order valence-corrected chi connectivity index (χ4v) is 3.19. The molecule has 0 radical (unpaired) electrons. The second-order valence-corrected chi connectivity index (χ2v) is 7.16. The van der Waals surface area contributed by atoms with Crippen molar-refractivity contribution in [3.63, 3.8) is 0 Å². The van der Waals surface area contributed by atoms with E-state index in [-0.39, 0.29) is 18.2 Å². The highest BCUT2D eigenvalue weighted by atomic mass is 16.6.